The smallest absolute Gasteiger partial charge is 0.328 e. The summed E-state index contributed by atoms with van der Waals surface area (Å²) in [6.07, 6.45) is 2.18. The molecule has 1 amide bonds. The summed E-state index contributed by atoms with van der Waals surface area (Å²) in [4.78, 5) is 23.1. The van der Waals surface area contributed by atoms with Crippen LogP contribution in [0.15, 0.2) is 30.3 Å². The molecule has 1 rings (SSSR count). The molecule has 1 atom stereocenters. The van der Waals surface area contributed by atoms with Crippen LogP contribution < -0.4 is 5.32 Å². The largest absolute Gasteiger partial charge is 0.467 e. The van der Waals surface area contributed by atoms with Gasteiger partial charge in [-0.1, -0.05) is 30.3 Å². The summed E-state index contributed by atoms with van der Waals surface area (Å²) in [7, 11) is 2.75. The third-order valence-electron chi connectivity index (χ3n) is 2.90. The van der Waals surface area contributed by atoms with Gasteiger partial charge >= 0.3 is 5.97 Å². The van der Waals surface area contributed by atoms with E-state index in [1.165, 1.54) is 19.8 Å². The molecule has 20 heavy (non-hydrogen) atoms. The molecule has 0 spiro atoms. The number of nitrogens with one attached hydrogen (secondary N) is 1. The molecule has 0 aliphatic heterocycles. The average Bonchev–Trinajstić information content (AvgIpc) is 2.46. The van der Waals surface area contributed by atoms with Crippen LogP contribution in [-0.2, 0) is 25.5 Å². The number of carbonyl (C=O) groups excluding carboxylic acids is 2. The Labute approximate surface area is 119 Å². The fourth-order valence-corrected chi connectivity index (χ4v) is 1.91. The first kappa shape index (κ1) is 16.2. The lowest BCUT2D eigenvalue weighted by Crippen LogP contribution is -2.43. The van der Waals surface area contributed by atoms with Crippen molar-refractivity contribution in [2.24, 2.45) is 0 Å². The predicted octanol–water partition coefficient (Wildman–Crippen LogP) is 1.31. The standard InChI is InChI=1S/C15H21NO4/c1-19-11-14(17)16-13(15(18)20-2)10-6-9-12-7-4-3-5-8-12/h3-5,7-8,13H,6,9-11H2,1-2H3,(H,16,17)/t13-/m0/s1. The number of aryl methyl sites for hydroxylation is 1. The van der Waals surface area contributed by atoms with Crippen LogP contribution in [0, 0.1) is 0 Å². The second-order valence-electron chi connectivity index (χ2n) is 4.45. The summed E-state index contributed by atoms with van der Waals surface area (Å²) in [5.74, 6) is -0.745. The second-order valence-corrected chi connectivity index (χ2v) is 4.45. The number of esters is 1. The topological polar surface area (TPSA) is 64.6 Å². The van der Waals surface area contributed by atoms with E-state index in [1.807, 2.05) is 30.3 Å². The molecule has 0 fully saturated rings. The molecular weight excluding hydrogens is 258 g/mol. The highest BCUT2D eigenvalue weighted by Gasteiger charge is 2.20. The van der Waals surface area contributed by atoms with Crippen LogP contribution in [0.4, 0.5) is 0 Å². The van der Waals surface area contributed by atoms with Crippen molar-refractivity contribution in [3.05, 3.63) is 35.9 Å². The van der Waals surface area contributed by atoms with E-state index >= 15 is 0 Å². The van der Waals surface area contributed by atoms with Gasteiger partial charge in [0, 0.05) is 7.11 Å². The van der Waals surface area contributed by atoms with E-state index in [9.17, 15) is 9.59 Å². The summed E-state index contributed by atoms with van der Waals surface area (Å²) in [6.45, 7) is -0.0633. The predicted molar refractivity (Wildman–Crippen MR) is 75.2 cm³/mol. The van der Waals surface area contributed by atoms with Crippen LogP contribution in [0.1, 0.15) is 18.4 Å². The van der Waals surface area contributed by atoms with Crippen molar-refractivity contribution in [2.75, 3.05) is 20.8 Å². The molecule has 0 aromatic heterocycles. The van der Waals surface area contributed by atoms with Crippen molar-refractivity contribution in [1.82, 2.24) is 5.32 Å². The zero-order chi connectivity index (χ0) is 14.8. The maximum atomic E-state index is 11.6. The van der Waals surface area contributed by atoms with Crippen LogP contribution >= 0.6 is 0 Å². The Morgan fingerprint density at radius 3 is 2.50 bits per heavy atom. The number of hydrogen-bond acceptors (Lipinski definition) is 4. The Balaban J connectivity index is 2.44. The van der Waals surface area contributed by atoms with E-state index in [1.54, 1.807) is 0 Å². The lowest BCUT2D eigenvalue weighted by molar-refractivity contribution is -0.145. The van der Waals surface area contributed by atoms with Gasteiger partial charge in [0.05, 0.1) is 7.11 Å². The van der Waals surface area contributed by atoms with E-state index in [0.29, 0.717) is 6.42 Å². The van der Waals surface area contributed by atoms with E-state index in [0.717, 1.165) is 12.8 Å². The van der Waals surface area contributed by atoms with Gasteiger partial charge in [-0.3, -0.25) is 4.79 Å². The van der Waals surface area contributed by atoms with Crippen LogP contribution in [-0.4, -0.2) is 38.7 Å². The Bertz CT molecular complexity index is 419. The third-order valence-corrected chi connectivity index (χ3v) is 2.90. The number of ether oxygens (including phenoxy) is 2. The molecule has 0 heterocycles. The second kappa shape index (κ2) is 9.09. The van der Waals surface area contributed by atoms with Crippen molar-refractivity contribution in [3.63, 3.8) is 0 Å². The van der Waals surface area contributed by atoms with Gasteiger partial charge in [-0.2, -0.15) is 0 Å². The molecule has 0 bridgehead atoms. The maximum Gasteiger partial charge on any atom is 0.328 e. The first-order valence-electron chi connectivity index (χ1n) is 6.57. The van der Waals surface area contributed by atoms with Gasteiger partial charge in [0.15, 0.2) is 0 Å². The quantitative estimate of drug-likeness (QED) is 0.729. The zero-order valence-corrected chi connectivity index (χ0v) is 11.9. The highest BCUT2D eigenvalue weighted by molar-refractivity contribution is 5.84. The number of hydrogen-bond donors (Lipinski definition) is 1. The Morgan fingerprint density at radius 2 is 1.90 bits per heavy atom. The summed E-state index contributed by atoms with van der Waals surface area (Å²) >= 11 is 0. The fourth-order valence-electron chi connectivity index (χ4n) is 1.91. The first-order valence-corrected chi connectivity index (χ1v) is 6.57. The number of rotatable bonds is 8. The molecule has 0 saturated carbocycles. The minimum atomic E-state index is -0.619. The van der Waals surface area contributed by atoms with Crippen molar-refractivity contribution in [1.29, 1.82) is 0 Å². The van der Waals surface area contributed by atoms with Gasteiger partial charge in [-0.25, -0.2) is 4.79 Å². The average molecular weight is 279 g/mol. The highest BCUT2D eigenvalue weighted by atomic mass is 16.5. The van der Waals surface area contributed by atoms with E-state index < -0.39 is 12.0 Å². The van der Waals surface area contributed by atoms with Gasteiger partial charge in [0.25, 0.3) is 0 Å². The van der Waals surface area contributed by atoms with Crippen molar-refractivity contribution in [3.8, 4) is 0 Å². The molecule has 1 aromatic rings. The molecule has 1 N–H and O–H groups in total. The summed E-state index contributed by atoms with van der Waals surface area (Å²) in [5, 5.41) is 2.62. The van der Waals surface area contributed by atoms with Crippen LogP contribution in [0.3, 0.4) is 0 Å². The fraction of sp³-hybridized carbons (Fsp3) is 0.467. The molecule has 110 valence electrons. The minimum absolute atomic E-state index is 0.0633. The summed E-state index contributed by atoms with van der Waals surface area (Å²) in [5.41, 5.74) is 1.21. The number of amides is 1. The Morgan fingerprint density at radius 1 is 1.20 bits per heavy atom. The van der Waals surface area contributed by atoms with E-state index in [4.69, 9.17) is 9.47 Å². The van der Waals surface area contributed by atoms with Gasteiger partial charge in [-0.15, -0.1) is 0 Å². The van der Waals surface area contributed by atoms with Crippen LogP contribution in [0.25, 0.3) is 0 Å². The number of carbonyl (C=O) groups is 2. The van der Waals surface area contributed by atoms with Crippen LogP contribution in [0.2, 0.25) is 0 Å². The molecule has 0 aliphatic carbocycles. The maximum absolute atomic E-state index is 11.6. The summed E-state index contributed by atoms with van der Waals surface area (Å²) < 4.78 is 9.43. The van der Waals surface area contributed by atoms with Crippen molar-refractivity contribution in [2.45, 2.75) is 25.3 Å². The molecule has 0 aliphatic rings. The normalized spacial score (nSPS) is 11.7. The van der Waals surface area contributed by atoms with E-state index in [-0.39, 0.29) is 12.5 Å². The van der Waals surface area contributed by atoms with Crippen molar-refractivity contribution >= 4 is 11.9 Å². The molecule has 5 nitrogen and oxygen atoms in total. The van der Waals surface area contributed by atoms with Gasteiger partial charge < -0.3 is 14.8 Å². The number of benzene rings is 1. The van der Waals surface area contributed by atoms with Gasteiger partial charge in [0.2, 0.25) is 5.91 Å². The Kier molecular flexibility index (Phi) is 7.35. The van der Waals surface area contributed by atoms with Gasteiger partial charge in [0.1, 0.15) is 12.6 Å². The molecule has 1 aromatic carbocycles. The van der Waals surface area contributed by atoms with Crippen molar-refractivity contribution < 1.29 is 19.1 Å². The lowest BCUT2D eigenvalue weighted by Gasteiger charge is -2.16. The summed E-state index contributed by atoms with van der Waals surface area (Å²) in [6, 6.07) is 9.38. The van der Waals surface area contributed by atoms with Crippen LogP contribution in [0.5, 0.6) is 0 Å². The monoisotopic (exact) mass is 279 g/mol. The molecule has 0 saturated heterocycles. The first-order chi connectivity index (χ1) is 9.67. The Hall–Kier alpha value is -1.88. The lowest BCUT2D eigenvalue weighted by atomic mass is 10.0. The zero-order valence-electron chi connectivity index (χ0n) is 11.9. The van der Waals surface area contributed by atoms with Gasteiger partial charge in [-0.05, 0) is 24.8 Å². The molecule has 5 heteroatoms. The molecule has 0 unspecified atom stereocenters. The minimum Gasteiger partial charge on any atom is -0.467 e. The SMILES string of the molecule is COCC(=O)N[C@@H](CCCc1ccccc1)C(=O)OC. The third kappa shape index (κ3) is 5.84. The van der Waals surface area contributed by atoms with E-state index in [2.05, 4.69) is 5.32 Å². The number of methoxy groups -OCH3 is 2. The molecule has 0 radical (unpaired) electrons. The highest BCUT2D eigenvalue weighted by Crippen LogP contribution is 2.07. The molecular formula is C15H21NO4.